The molecular weight excluding hydrogens is 756 g/mol. The van der Waals surface area contributed by atoms with Gasteiger partial charge in [0.05, 0.1) is 39.9 Å². The standard InChI is InChI=1S/C50H95N2O6P/c1-6-8-10-12-14-16-18-20-22-24-26-28-30-32-34-36-38-40-42-44-50(54)51-48(47-58-59(55,56)57-46-45-52(3,4)5)49(53)43-41-39-37-35-33-31-29-27-25-23-21-19-17-15-13-11-9-7-2/h8,10,14,16,20,22,26,28,48-49,53H,6-7,9,11-13,15,17-19,21,23-25,27,29-47H2,1-5H3,(H-,51,54,55,56)/p+1/b10-8-,16-14-,22-20-,28-26-. The number of allylic oxidation sites excluding steroid dienone is 8. The monoisotopic (exact) mass is 852 g/mol. The molecule has 0 bridgehead atoms. The van der Waals surface area contributed by atoms with Gasteiger partial charge in [0, 0.05) is 6.42 Å². The number of hydrogen-bond acceptors (Lipinski definition) is 5. The number of hydrogen-bond donors (Lipinski definition) is 3. The molecule has 0 aliphatic carbocycles. The number of aliphatic hydroxyl groups is 1. The maximum absolute atomic E-state index is 12.9. The van der Waals surface area contributed by atoms with Crippen molar-refractivity contribution in [1.29, 1.82) is 0 Å². The van der Waals surface area contributed by atoms with Gasteiger partial charge in [0.1, 0.15) is 13.2 Å². The molecular formula is C50H96N2O6P+. The number of nitrogens with one attached hydrogen (secondary N) is 1. The van der Waals surface area contributed by atoms with Crippen molar-refractivity contribution in [1.82, 2.24) is 5.32 Å². The third-order valence-corrected chi connectivity index (χ3v) is 11.8. The van der Waals surface area contributed by atoms with E-state index in [0.29, 0.717) is 23.9 Å². The molecule has 0 aromatic heterocycles. The predicted molar refractivity (Wildman–Crippen MR) is 254 cm³/mol. The van der Waals surface area contributed by atoms with Crippen molar-refractivity contribution in [3.63, 3.8) is 0 Å². The van der Waals surface area contributed by atoms with Gasteiger partial charge in [-0.15, -0.1) is 0 Å². The van der Waals surface area contributed by atoms with Crippen LogP contribution >= 0.6 is 7.82 Å². The van der Waals surface area contributed by atoms with E-state index in [1.54, 1.807) is 0 Å². The molecule has 0 saturated heterocycles. The summed E-state index contributed by atoms with van der Waals surface area (Å²) in [7, 11) is 1.60. The Labute approximate surface area is 365 Å². The Morgan fingerprint density at radius 3 is 1.49 bits per heavy atom. The molecule has 9 heteroatoms. The number of carbonyl (C=O) groups excluding carboxylic acids is 1. The summed E-state index contributed by atoms with van der Waals surface area (Å²) in [5, 5.41) is 14.0. The topological polar surface area (TPSA) is 105 Å². The number of phosphoric ester groups is 1. The Bertz CT molecular complexity index is 1100. The smallest absolute Gasteiger partial charge is 0.391 e. The molecule has 0 saturated carbocycles. The molecule has 0 aromatic carbocycles. The molecule has 0 radical (unpaired) electrons. The van der Waals surface area contributed by atoms with Crippen LogP contribution in [0.4, 0.5) is 0 Å². The molecule has 0 aliphatic heterocycles. The lowest BCUT2D eigenvalue weighted by Crippen LogP contribution is -2.46. The molecule has 0 rings (SSSR count). The first-order valence-electron chi connectivity index (χ1n) is 24.5. The first-order valence-corrected chi connectivity index (χ1v) is 26.0. The molecule has 59 heavy (non-hydrogen) atoms. The number of rotatable bonds is 44. The molecule has 1 amide bonds. The SMILES string of the molecule is CC/C=C\C/C=C\C/C=C\C/C=C\CCCCCCCCC(=O)NC(COP(=O)(O)OCC[N+](C)(C)C)C(O)CCCCCCCCCCCCCCCCCCCC. The lowest BCUT2D eigenvalue weighted by molar-refractivity contribution is -0.870. The summed E-state index contributed by atoms with van der Waals surface area (Å²) in [6.45, 7) is 4.77. The molecule has 346 valence electrons. The van der Waals surface area contributed by atoms with Crippen molar-refractivity contribution >= 4 is 13.7 Å². The van der Waals surface area contributed by atoms with Gasteiger partial charge in [-0.2, -0.15) is 0 Å². The van der Waals surface area contributed by atoms with E-state index in [1.165, 1.54) is 109 Å². The summed E-state index contributed by atoms with van der Waals surface area (Å²) >= 11 is 0. The second-order valence-corrected chi connectivity index (χ2v) is 19.3. The van der Waals surface area contributed by atoms with Gasteiger partial charge in [-0.25, -0.2) is 4.57 Å². The highest BCUT2D eigenvalue weighted by atomic mass is 31.2. The van der Waals surface area contributed by atoms with Crippen LogP contribution in [0.3, 0.4) is 0 Å². The molecule has 0 aromatic rings. The van der Waals surface area contributed by atoms with Crippen molar-refractivity contribution < 1.29 is 32.9 Å². The van der Waals surface area contributed by atoms with Gasteiger partial charge in [-0.3, -0.25) is 13.8 Å². The van der Waals surface area contributed by atoms with Crippen LogP contribution in [-0.4, -0.2) is 73.4 Å². The molecule has 0 spiro atoms. The number of nitrogens with zero attached hydrogens (tertiary/aromatic N) is 1. The van der Waals surface area contributed by atoms with E-state index in [4.69, 9.17) is 9.05 Å². The number of quaternary nitrogens is 1. The summed E-state index contributed by atoms with van der Waals surface area (Å²) in [4.78, 5) is 23.2. The van der Waals surface area contributed by atoms with Gasteiger partial charge in [0.25, 0.3) is 0 Å². The van der Waals surface area contributed by atoms with Crippen molar-refractivity contribution in [3.05, 3.63) is 48.6 Å². The number of likely N-dealkylation sites (N-methyl/N-ethyl adjacent to an activating group) is 1. The van der Waals surface area contributed by atoms with Gasteiger partial charge in [0.2, 0.25) is 5.91 Å². The highest BCUT2D eigenvalue weighted by Crippen LogP contribution is 2.43. The number of amides is 1. The van der Waals surface area contributed by atoms with E-state index in [-0.39, 0.29) is 19.1 Å². The lowest BCUT2D eigenvalue weighted by Gasteiger charge is -2.26. The fraction of sp³-hybridized carbons (Fsp3) is 0.820. The molecule has 3 N–H and O–H groups in total. The summed E-state index contributed by atoms with van der Waals surface area (Å²) in [5.41, 5.74) is 0. The zero-order valence-corrected chi connectivity index (χ0v) is 40.1. The van der Waals surface area contributed by atoms with E-state index in [1.807, 2.05) is 21.1 Å². The van der Waals surface area contributed by atoms with Crippen LogP contribution in [0.1, 0.15) is 213 Å². The van der Waals surface area contributed by atoms with Crippen LogP contribution in [0.5, 0.6) is 0 Å². The summed E-state index contributed by atoms with van der Waals surface area (Å²) in [5.74, 6) is -0.159. The Balaban J connectivity index is 4.33. The maximum atomic E-state index is 12.9. The van der Waals surface area contributed by atoms with Gasteiger partial charge in [-0.05, 0) is 51.4 Å². The Kier molecular flexibility index (Phi) is 40.7. The van der Waals surface area contributed by atoms with E-state index < -0.39 is 20.0 Å². The highest BCUT2D eigenvalue weighted by Gasteiger charge is 2.28. The molecule has 0 fully saturated rings. The number of unbranched alkanes of at least 4 members (excludes halogenated alkanes) is 23. The van der Waals surface area contributed by atoms with E-state index in [2.05, 4.69) is 67.8 Å². The summed E-state index contributed by atoms with van der Waals surface area (Å²) in [6, 6.07) is -0.769. The Morgan fingerprint density at radius 1 is 0.593 bits per heavy atom. The van der Waals surface area contributed by atoms with Crippen LogP contribution in [0, 0.1) is 0 Å². The average molecular weight is 852 g/mol. The summed E-state index contributed by atoms with van der Waals surface area (Å²) in [6.07, 6.45) is 52.8. The maximum Gasteiger partial charge on any atom is 0.472 e. The van der Waals surface area contributed by atoms with Crippen molar-refractivity contribution in [2.75, 3.05) is 40.9 Å². The third kappa shape index (κ3) is 44.3. The lowest BCUT2D eigenvalue weighted by atomic mass is 10.0. The number of carbonyl (C=O) groups is 1. The molecule has 3 atom stereocenters. The van der Waals surface area contributed by atoms with Crippen LogP contribution in [0.2, 0.25) is 0 Å². The Morgan fingerprint density at radius 2 is 1.02 bits per heavy atom. The minimum absolute atomic E-state index is 0.0700. The van der Waals surface area contributed by atoms with Gasteiger partial charge >= 0.3 is 7.82 Å². The van der Waals surface area contributed by atoms with E-state index >= 15 is 0 Å². The van der Waals surface area contributed by atoms with Gasteiger partial charge in [-0.1, -0.05) is 204 Å². The van der Waals surface area contributed by atoms with Crippen molar-refractivity contribution in [2.45, 2.75) is 225 Å². The number of phosphoric acid groups is 1. The molecule has 3 unspecified atom stereocenters. The minimum atomic E-state index is -4.32. The van der Waals surface area contributed by atoms with Crippen LogP contribution in [0.25, 0.3) is 0 Å². The van der Waals surface area contributed by atoms with Gasteiger partial charge in [0.15, 0.2) is 0 Å². The third-order valence-electron chi connectivity index (χ3n) is 10.8. The zero-order valence-electron chi connectivity index (χ0n) is 39.2. The van der Waals surface area contributed by atoms with Crippen LogP contribution in [-0.2, 0) is 18.4 Å². The van der Waals surface area contributed by atoms with Crippen LogP contribution < -0.4 is 5.32 Å². The number of aliphatic hydroxyl groups excluding tert-OH is 1. The average Bonchev–Trinajstić information content (AvgIpc) is 3.19. The van der Waals surface area contributed by atoms with E-state index in [9.17, 15) is 19.4 Å². The van der Waals surface area contributed by atoms with Crippen molar-refractivity contribution in [3.8, 4) is 0 Å². The first kappa shape index (κ1) is 57.5. The van der Waals surface area contributed by atoms with Crippen LogP contribution in [0.15, 0.2) is 48.6 Å². The molecule has 0 aliphatic rings. The summed E-state index contributed by atoms with van der Waals surface area (Å²) < 4.78 is 23.7. The van der Waals surface area contributed by atoms with E-state index in [0.717, 1.165) is 77.0 Å². The quantitative estimate of drug-likeness (QED) is 0.0244. The zero-order chi connectivity index (χ0) is 43.6. The minimum Gasteiger partial charge on any atom is -0.391 e. The predicted octanol–water partition coefficient (Wildman–Crippen LogP) is 14.0. The fourth-order valence-corrected chi connectivity index (χ4v) is 7.71. The normalized spacial score (nSPS) is 14.6. The molecule has 0 heterocycles. The second kappa shape index (κ2) is 41.8. The van der Waals surface area contributed by atoms with Crippen molar-refractivity contribution in [2.24, 2.45) is 0 Å². The second-order valence-electron chi connectivity index (χ2n) is 17.8. The Hall–Kier alpha value is -1.54. The molecule has 8 nitrogen and oxygen atoms in total. The highest BCUT2D eigenvalue weighted by molar-refractivity contribution is 7.47. The van der Waals surface area contributed by atoms with Gasteiger partial charge < -0.3 is 19.8 Å². The largest absolute Gasteiger partial charge is 0.472 e. The first-order chi connectivity index (χ1) is 28.5. The fourth-order valence-electron chi connectivity index (χ4n) is 6.98.